The lowest BCUT2D eigenvalue weighted by Crippen LogP contribution is -2.52. The number of carbonyl (C=O) groups is 1. The highest BCUT2D eigenvalue weighted by Gasteiger charge is 2.42. The minimum atomic E-state index is -0.374. The van der Waals surface area contributed by atoms with Crippen LogP contribution in [0.4, 0.5) is 0 Å². The fourth-order valence-electron chi connectivity index (χ4n) is 4.72. The van der Waals surface area contributed by atoms with Gasteiger partial charge in [0.15, 0.2) is 0 Å². The smallest absolute Gasteiger partial charge is 0.261 e. The van der Waals surface area contributed by atoms with E-state index in [0.29, 0.717) is 19.6 Å². The molecule has 1 saturated heterocycles. The Labute approximate surface area is 163 Å². The Morgan fingerprint density at radius 3 is 2.46 bits per heavy atom. The number of hydrogen-bond acceptors (Lipinski definition) is 5. The molecule has 1 aromatic carbocycles. The number of hydrogen-bond donors (Lipinski definition) is 2. The van der Waals surface area contributed by atoms with Crippen molar-refractivity contribution >= 4 is 5.91 Å². The van der Waals surface area contributed by atoms with Crippen LogP contribution in [-0.4, -0.2) is 64.2 Å². The van der Waals surface area contributed by atoms with E-state index < -0.39 is 0 Å². The van der Waals surface area contributed by atoms with E-state index in [2.05, 4.69) is 4.90 Å². The third kappa shape index (κ3) is 3.05. The summed E-state index contributed by atoms with van der Waals surface area (Å²) >= 11 is 0. The molecule has 1 fully saturated rings. The molecule has 7 heteroatoms. The number of benzene rings is 1. The molecule has 3 atom stereocenters. The lowest BCUT2D eigenvalue weighted by Gasteiger charge is -2.47. The Morgan fingerprint density at radius 1 is 1.11 bits per heavy atom. The third-order valence-corrected chi connectivity index (χ3v) is 5.87. The van der Waals surface area contributed by atoms with Crippen molar-refractivity contribution in [3.63, 3.8) is 0 Å². The second kappa shape index (κ2) is 6.98. The summed E-state index contributed by atoms with van der Waals surface area (Å²) in [6.45, 7) is 1.65. The SMILES string of the molecule is CN(C)C[C@H]1[C@H]2C[C@H](CN(C(=O)c3c(O)cccc3O)C2)c2cccc(=O)n21. The number of likely N-dealkylation sites (N-methyl/N-ethyl adjacent to an activating group) is 1. The molecule has 3 heterocycles. The van der Waals surface area contributed by atoms with Crippen LogP contribution in [0, 0.1) is 5.92 Å². The Kier molecular flexibility index (Phi) is 4.63. The molecule has 2 aromatic rings. The van der Waals surface area contributed by atoms with Crippen molar-refractivity contribution in [2.45, 2.75) is 18.4 Å². The summed E-state index contributed by atoms with van der Waals surface area (Å²) in [5.41, 5.74) is 0.892. The van der Waals surface area contributed by atoms with E-state index in [1.807, 2.05) is 24.7 Å². The molecule has 0 radical (unpaired) electrons. The molecule has 2 N–H and O–H groups in total. The Bertz CT molecular complexity index is 948. The molecule has 2 aliphatic rings. The van der Waals surface area contributed by atoms with Crippen molar-refractivity contribution in [2.24, 2.45) is 5.92 Å². The molecule has 2 bridgehead atoms. The highest BCUT2D eigenvalue weighted by Crippen LogP contribution is 2.42. The molecule has 4 rings (SSSR count). The summed E-state index contributed by atoms with van der Waals surface area (Å²) in [5.74, 6) is -0.626. The van der Waals surface area contributed by atoms with Crippen molar-refractivity contribution in [3.8, 4) is 11.5 Å². The number of likely N-dealkylation sites (tertiary alicyclic amines) is 1. The quantitative estimate of drug-likeness (QED) is 0.841. The van der Waals surface area contributed by atoms with Crippen molar-refractivity contribution in [1.82, 2.24) is 14.4 Å². The molecule has 28 heavy (non-hydrogen) atoms. The topological polar surface area (TPSA) is 86.0 Å². The first-order valence-corrected chi connectivity index (χ1v) is 9.53. The summed E-state index contributed by atoms with van der Waals surface area (Å²) in [6.07, 6.45) is 0.915. The maximum atomic E-state index is 13.1. The molecule has 0 aliphatic carbocycles. The Hall–Kier alpha value is -2.80. The highest BCUT2D eigenvalue weighted by atomic mass is 16.3. The first-order valence-electron chi connectivity index (χ1n) is 9.53. The predicted molar refractivity (Wildman–Crippen MR) is 105 cm³/mol. The predicted octanol–water partition coefficient (Wildman–Crippen LogP) is 1.62. The van der Waals surface area contributed by atoms with Crippen molar-refractivity contribution < 1.29 is 15.0 Å². The number of aromatic hydroxyl groups is 2. The van der Waals surface area contributed by atoms with Gasteiger partial charge in [-0.15, -0.1) is 0 Å². The summed E-state index contributed by atoms with van der Waals surface area (Å²) in [7, 11) is 3.96. The molecule has 1 amide bonds. The van der Waals surface area contributed by atoms with E-state index in [1.165, 1.54) is 18.2 Å². The first kappa shape index (κ1) is 18.6. The number of phenolic OH excluding ortho intramolecular Hbond substituents is 2. The standard InChI is InChI=1S/C21H25N3O4/c1-22(2)12-16-14-9-13(15-5-3-8-19(27)24(15)16)10-23(11-14)21(28)20-17(25)6-4-7-18(20)26/h3-8,13-14,16,25-26H,9-12H2,1-2H3/t13-,14+,16+/m1/s1. The van der Waals surface area contributed by atoms with Gasteiger partial charge in [-0.25, -0.2) is 0 Å². The second-order valence-corrected chi connectivity index (χ2v) is 8.06. The van der Waals surface area contributed by atoms with Crippen molar-refractivity contribution in [2.75, 3.05) is 33.7 Å². The van der Waals surface area contributed by atoms with Crippen LogP contribution in [0.1, 0.15) is 34.4 Å². The number of nitrogens with zero attached hydrogens (tertiary/aromatic N) is 3. The normalized spacial score (nSPS) is 23.5. The Morgan fingerprint density at radius 2 is 1.79 bits per heavy atom. The van der Waals surface area contributed by atoms with Gasteiger partial charge in [0.05, 0.1) is 6.04 Å². The van der Waals surface area contributed by atoms with E-state index in [0.717, 1.165) is 12.1 Å². The summed E-state index contributed by atoms with van der Waals surface area (Å²) < 4.78 is 1.90. The van der Waals surface area contributed by atoms with Crippen LogP contribution in [0.15, 0.2) is 41.2 Å². The number of carbonyl (C=O) groups excluding carboxylic acids is 1. The van der Waals surface area contributed by atoms with Crippen molar-refractivity contribution in [3.05, 3.63) is 58.0 Å². The monoisotopic (exact) mass is 383 g/mol. The van der Waals surface area contributed by atoms with Gasteiger partial charge < -0.3 is 24.6 Å². The third-order valence-electron chi connectivity index (χ3n) is 5.87. The molecule has 0 saturated carbocycles. The summed E-state index contributed by atoms with van der Waals surface area (Å²) in [6, 6.07) is 9.62. The highest BCUT2D eigenvalue weighted by molar-refractivity contribution is 5.99. The number of amides is 1. The number of rotatable bonds is 3. The van der Waals surface area contributed by atoms with E-state index in [1.54, 1.807) is 17.0 Å². The number of fused-ring (bicyclic) bond motifs is 4. The van der Waals surface area contributed by atoms with Gasteiger partial charge in [-0.1, -0.05) is 12.1 Å². The van der Waals surface area contributed by atoms with Gasteiger partial charge >= 0.3 is 0 Å². The van der Waals surface area contributed by atoms with E-state index in [9.17, 15) is 19.8 Å². The van der Waals surface area contributed by atoms with Gasteiger partial charge in [0.1, 0.15) is 17.1 Å². The van der Waals surface area contributed by atoms with Gasteiger partial charge in [-0.2, -0.15) is 0 Å². The van der Waals surface area contributed by atoms with Gasteiger partial charge in [0.25, 0.3) is 11.5 Å². The fraction of sp³-hybridized carbons (Fsp3) is 0.429. The number of aromatic nitrogens is 1. The maximum absolute atomic E-state index is 13.1. The fourth-order valence-corrected chi connectivity index (χ4v) is 4.72. The molecule has 0 unspecified atom stereocenters. The molecular formula is C21H25N3O4. The lowest BCUT2D eigenvalue weighted by molar-refractivity contribution is 0.0493. The zero-order valence-corrected chi connectivity index (χ0v) is 16.1. The van der Waals surface area contributed by atoms with Crippen LogP contribution in [-0.2, 0) is 0 Å². The first-order chi connectivity index (χ1) is 13.4. The van der Waals surface area contributed by atoms with Crippen LogP contribution < -0.4 is 5.56 Å². The molecule has 7 nitrogen and oxygen atoms in total. The van der Waals surface area contributed by atoms with E-state index >= 15 is 0 Å². The van der Waals surface area contributed by atoms with Crippen molar-refractivity contribution in [1.29, 1.82) is 0 Å². The Balaban J connectivity index is 1.72. The van der Waals surface area contributed by atoms with E-state index in [-0.39, 0.29) is 46.4 Å². The van der Waals surface area contributed by atoms with Crippen LogP contribution >= 0.6 is 0 Å². The number of phenols is 2. The van der Waals surface area contributed by atoms with Crippen LogP contribution in [0.2, 0.25) is 0 Å². The van der Waals surface area contributed by atoms with Crippen LogP contribution in [0.25, 0.3) is 0 Å². The molecule has 148 valence electrons. The summed E-state index contributed by atoms with van der Waals surface area (Å²) in [5, 5.41) is 20.2. The minimum absolute atomic E-state index is 0.00262. The zero-order valence-electron chi connectivity index (χ0n) is 16.1. The van der Waals surface area contributed by atoms with Gasteiger partial charge in [-0.05, 0) is 44.6 Å². The molecular weight excluding hydrogens is 358 g/mol. The maximum Gasteiger partial charge on any atom is 0.261 e. The largest absolute Gasteiger partial charge is 0.507 e. The summed E-state index contributed by atoms with van der Waals surface area (Å²) in [4.78, 5) is 29.5. The average Bonchev–Trinajstić information content (AvgIpc) is 2.64. The van der Waals surface area contributed by atoms with Gasteiger partial charge in [0, 0.05) is 37.3 Å². The van der Waals surface area contributed by atoms with Crippen LogP contribution in [0.5, 0.6) is 11.5 Å². The molecule has 2 aliphatic heterocycles. The zero-order chi connectivity index (χ0) is 20.0. The molecule has 1 aromatic heterocycles. The minimum Gasteiger partial charge on any atom is -0.507 e. The molecule has 0 spiro atoms. The lowest BCUT2D eigenvalue weighted by atomic mass is 9.78. The average molecular weight is 383 g/mol. The van der Waals surface area contributed by atoms with Gasteiger partial charge in [0.2, 0.25) is 0 Å². The van der Waals surface area contributed by atoms with E-state index in [4.69, 9.17) is 0 Å². The number of pyridine rings is 1. The van der Waals surface area contributed by atoms with Crippen LogP contribution in [0.3, 0.4) is 0 Å². The number of piperidine rings is 1. The van der Waals surface area contributed by atoms with Gasteiger partial charge in [-0.3, -0.25) is 9.59 Å². The second-order valence-electron chi connectivity index (χ2n) is 8.06.